The minimum Gasteiger partial charge on any atom is -0.358 e. The number of rotatable bonds is 5. The quantitative estimate of drug-likeness (QED) is 0.515. The molecule has 1 fully saturated rings. The van der Waals surface area contributed by atoms with Gasteiger partial charge in [0.15, 0.2) is 23.2 Å². The van der Waals surface area contributed by atoms with Crippen LogP contribution in [-0.2, 0) is 0 Å². The SMILES string of the molecule is Cc1cc(Nc2nc(N3CCC[C@H]3c3cc(-c4ccccn4)no3)ncc2F)n[nH]1. The first kappa shape index (κ1) is 18.2. The fourth-order valence-electron chi connectivity index (χ4n) is 3.57. The predicted molar refractivity (Wildman–Crippen MR) is 108 cm³/mol. The molecule has 0 spiro atoms. The van der Waals surface area contributed by atoms with Crippen LogP contribution in [-0.4, -0.2) is 36.9 Å². The molecule has 0 aromatic carbocycles. The van der Waals surface area contributed by atoms with Gasteiger partial charge in [0.25, 0.3) is 0 Å². The highest BCUT2D eigenvalue weighted by Gasteiger charge is 2.32. The molecule has 10 heteroatoms. The van der Waals surface area contributed by atoms with Gasteiger partial charge in [0.05, 0.1) is 17.9 Å². The molecule has 4 aromatic heterocycles. The Balaban J connectivity index is 1.41. The van der Waals surface area contributed by atoms with E-state index >= 15 is 0 Å². The lowest BCUT2D eigenvalue weighted by Gasteiger charge is -2.22. The largest absolute Gasteiger partial charge is 0.358 e. The van der Waals surface area contributed by atoms with Gasteiger partial charge >= 0.3 is 0 Å². The highest BCUT2D eigenvalue weighted by molar-refractivity contribution is 5.56. The molecule has 5 rings (SSSR count). The van der Waals surface area contributed by atoms with E-state index < -0.39 is 5.82 Å². The highest BCUT2D eigenvalue weighted by atomic mass is 19.1. The van der Waals surface area contributed by atoms with Crippen LogP contribution in [0.1, 0.15) is 30.3 Å². The van der Waals surface area contributed by atoms with E-state index in [-0.39, 0.29) is 11.9 Å². The summed E-state index contributed by atoms with van der Waals surface area (Å²) in [6, 6.07) is 9.21. The first-order valence-electron chi connectivity index (χ1n) is 9.63. The molecule has 5 heterocycles. The van der Waals surface area contributed by atoms with Gasteiger partial charge in [0, 0.05) is 30.6 Å². The van der Waals surface area contributed by atoms with Gasteiger partial charge in [-0.1, -0.05) is 11.2 Å². The van der Waals surface area contributed by atoms with Crippen molar-refractivity contribution in [1.29, 1.82) is 0 Å². The zero-order valence-electron chi connectivity index (χ0n) is 16.2. The van der Waals surface area contributed by atoms with Crippen molar-refractivity contribution >= 4 is 17.6 Å². The summed E-state index contributed by atoms with van der Waals surface area (Å²) in [5.41, 5.74) is 2.28. The second-order valence-electron chi connectivity index (χ2n) is 7.11. The molecule has 1 aliphatic heterocycles. The molecule has 152 valence electrons. The Morgan fingerprint density at radius 2 is 2.17 bits per heavy atom. The number of hydrogen-bond acceptors (Lipinski definition) is 8. The molecule has 30 heavy (non-hydrogen) atoms. The van der Waals surface area contributed by atoms with E-state index in [1.165, 1.54) is 6.20 Å². The lowest BCUT2D eigenvalue weighted by Crippen LogP contribution is -2.24. The van der Waals surface area contributed by atoms with Crippen molar-refractivity contribution in [3.8, 4) is 11.4 Å². The average molecular weight is 406 g/mol. The zero-order valence-corrected chi connectivity index (χ0v) is 16.2. The molecule has 0 aliphatic carbocycles. The van der Waals surface area contributed by atoms with Gasteiger partial charge in [-0.3, -0.25) is 10.1 Å². The molecule has 0 saturated carbocycles. The van der Waals surface area contributed by atoms with Crippen LogP contribution in [0, 0.1) is 12.7 Å². The third-order valence-corrected chi connectivity index (χ3v) is 4.98. The molecular weight excluding hydrogens is 387 g/mol. The molecule has 0 bridgehead atoms. The Kier molecular flexibility index (Phi) is 4.58. The number of anilines is 3. The molecular formula is C20H19FN8O. The lowest BCUT2D eigenvalue weighted by molar-refractivity contribution is 0.362. The standard InChI is InChI=1S/C20H19FN8O/c1-12-9-18(27-26-12)24-19-13(21)11-23-20(25-19)29-8-4-6-16(29)17-10-15(28-30-17)14-5-2-3-7-22-14/h2-3,5,7,9-11,16H,4,6,8H2,1H3,(H2,23,24,25,26,27)/t16-/m0/s1. The Hall–Kier alpha value is -3.82. The molecule has 1 saturated heterocycles. The van der Waals surface area contributed by atoms with Crippen LogP contribution in [0.5, 0.6) is 0 Å². The summed E-state index contributed by atoms with van der Waals surface area (Å²) >= 11 is 0. The number of pyridine rings is 1. The number of hydrogen-bond donors (Lipinski definition) is 2. The molecule has 1 atom stereocenters. The topological polar surface area (TPSA) is 109 Å². The fraction of sp³-hybridized carbons (Fsp3) is 0.250. The van der Waals surface area contributed by atoms with Crippen molar-refractivity contribution in [1.82, 2.24) is 30.3 Å². The van der Waals surface area contributed by atoms with E-state index in [1.54, 1.807) is 12.3 Å². The van der Waals surface area contributed by atoms with Crippen molar-refractivity contribution in [3.05, 3.63) is 60.0 Å². The van der Waals surface area contributed by atoms with Gasteiger partial charge in [-0.15, -0.1) is 0 Å². The maximum absolute atomic E-state index is 14.3. The van der Waals surface area contributed by atoms with Crippen molar-refractivity contribution in [2.45, 2.75) is 25.8 Å². The Labute approximate surface area is 171 Å². The molecule has 1 aliphatic rings. The van der Waals surface area contributed by atoms with Crippen LogP contribution in [0.2, 0.25) is 0 Å². The Morgan fingerprint density at radius 1 is 1.23 bits per heavy atom. The third kappa shape index (κ3) is 3.47. The van der Waals surface area contributed by atoms with Crippen molar-refractivity contribution in [2.24, 2.45) is 0 Å². The van der Waals surface area contributed by atoms with Crippen molar-refractivity contribution in [3.63, 3.8) is 0 Å². The lowest BCUT2D eigenvalue weighted by atomic mass is 10.1. The first-order valence-corrected chi connectivity index (χ1v) is 9.63. The first-order chi connectivity index (χ1) is 14.7. The maximum Gasteiger partial charge on any atom is 0.228 e. The van der Waals surface area contributed by atoms with Crippen molar-refractivity contribution < 1.29 is 8.91 Å². The van der Waals surface area contributed by atoms with Crippen LogP contribution in [0.4, 0.5) is 22.0 Å². The van der Waals surface area contributed by atoms with E-state index in [1.807, 2.05) is 36.1 Å². The third-order valence-electron chi connectivity index (χ3n) is 4.98. The van der Waals surface area contributed by atoms with Gasteiger partial charge in [0.1, 0.15) is 5.69 Å². The van der Waals surface area contributed by atoms with Gasteiger partial charge in [-0.25, -0.2) is 9.37 Å². The Bertz CT molecular complexity index is 1160. The van der Waals surface area contributed by atoms with Gasteiger partial charge in [-0.05, 0) is 31.9 Å². The number of aromatic nitrogens is 6. The number of nitrogens with one attached hydrogen (secondary N) is 2. The van der Waals surface area contributed by atoms with Crippen LogP contribution >= 0.6 is 0 Å². The summed E-state index contributed by atoms with van der Waals surface area (Å²) in [5, 5.41) is 13.9. The predicted octanol–water partition coefficient (Wildman–Crippen LogP) is 3.78. The summed E-state index contributed by atoms with van der Waals surface area (Å²) in [7, 11) is 0. The van der Waals surface area contributed by atoms with Crippen LogP contribution in [0.3, 0.4) is 0 Å². The van der Waals surface area contributed by atoms with Gasteiger partial charge in [-0.2, -0.15) is 10.1 Å². The average Bonchev–Trinajstić information content (AvgIpc) is 3.51. The summed E-state index contributed by atoms with van der Waals surface area (Å²) in [6.45, 7) is 2.60. The van der Waals surface area contributed by atoms with Crippen molar-refractivity contribution in [2.75, 3.05) is 16.8 Å². The van der Waals surface area contributed by atoms with Crippen LogP contribution in [0.25, 0.3) is 11.4 Å². The monoisotopic (exact) mass is 406 g/mol. The van der Waals surface area contributed by atoms with E-state index in [0.717, 1.165) is 30.8 Å². The normalized spacial score (nSPS) is 16.2. The van der Waals surface area contributed by atoms with E-state index in [9.17, 15) is 4.39 Å². The maximum atomic E-state index is 14.3. The molecule has 0 radical (unpaired) electrons. The molecule has 9 nitrogen and oxygen atoms in total. The second kappa shape index (κ2) is 7.54. The van der Waals surface area contributed by atoms with Crippen LogP contribution < -0.4 is 10.2 Å². The fourth-order valence-corrected chi connectivity index (χ4v) is 3.57. The molecule has 0 unspecified atom stereocenters. The summed E-state index contributed by atoms with van der Waals surface area (Å²) in [4.78, 5) is 14.9. The van der Waals surface area contributed by atoms with E-state index in [2.05, 4.69) is 35.6 Å². The molecule has 2 N–H and O–H groups in total. The molecule has 4 aromatic rings. The number of aromatic amines is 1. The minimum atomic E-state index is -0.549. The molecule has 0 amide bonds. The van der Waals surface area contributed by atoms with Crippen LogP contribution in [0.15, 0.2) is 47.2 Å². The zero-order chi connectivity index (χ0) is 20.5. The smallest absolute Gasteiger partial charge is 0.228 e. The Morgan fingerprint density at radius 3 is 2.97 bits per heavy atom. The summed E-state index contributed by atoms with van der Waals surface area (Å²) < 4.78 is 19.9. The highest BCUT2D eigenvalue weighted by Crippen LogP contribution is 2.36. The second-order valence-corrected chi connectivity index (χ2v) is 7.11. The van der Waals surface area contributed by atoms with Gasteiger partial charge in [0.2, 0.25) is 5.95 Å². The summed E-state index contributed by atoms with van der Waals surface area (Å²) in [5.74, 6) is 1.14. The van der Waals surface area contributed by atoms with Gasteiger partial charge < -0.3 is 14.7 Å². The number of H-pyrrole nitrogens is 1. The summed E-state index contributed by atoms with van der Waals surface area (Å²) in [6.07, 6.45) is 4.68. The van der Waals surface area contributed by atoms with E-state index in [4.69, 9.17) is 4.52 Å². The number of aryl methyl sites for hydroxylation is 1. The minimum absolute atomic E-state index is 0.0731. The number of nitrogens with zero attached hydrogens (tertiary/aromatic N) is 6. The van der Waals surface area contributed by atoms with E-state index in [0.29, 0.717) is 23.2 Å². The number of halogens is 1.